The lowest BCUT2D eigenvalue weighted by atomic mass is 10.1. The normalized spacial score (nSPS) is 29.3. The summed E-state index contributed by atoms with van der Waals surface area (Å²) in [4.78, 5) is 0. The molecule has 0 radical (unpaired) electrons. The first-order chi connectivity index (χ1) is 6.77. The Morgan fingerprint density at radius 2 is 2.43 bits per heavy atom. The van der Waals surface area contributed by atoms with Gasteiger partial charge in [0, 0.05) is 12.1 Å². The number of aliphatic hydroxyl groups excluding tert-OH is 1. The first-order valence-corrected chi connectivity index (χ1v) is 6.18. The molecule has 0 aliphatic heterocycles. The van der Waals surface area contributed by atoms with E-state index in [0.29, 0.717) is 12.1 Å². The molecule has 1 aromatic rings. The Morgan fingerprint density at radius 1 is 1.57 bits per heavy atom. The molecule has 3 unspecified atom stereocenters. The molecule has 0 spiro atoms. The molecule has 3 atom stereocenters. The molecule has 2 rings (SSSR count). The fourth-order valence-electron chi connectivity index (χ4n) is 2.07. The van der Waals surface area contributed by atoms with Crippen LogP contribution in [0, 0.1) is 0 Å². The van der Waals surface area contributed by atoms with Crippen molar-refractivity contribution in [1.82, 2.24) is 5.32 Å². The van der Waals surface area contributed by atoms with Crippen molar-refractivity contribution in [2.75, 3.05) is 0 Å². The second kappa shape index (κ2) is 4.43. The Hall–Kier alpha value is -0.380. The summed E-state index contributed by atoms with van der Waals surface area (Å²) in [5.41, 5.74) is 1.33. The highest BCUT2D eigenvalue weighted by Gasteiger charge is 2.26. The first-order valence-electron chi connectivity index (χ1n) is 5.23. The molecule has 1 aliphatic carbocycles. The van der Waals surface area contributed by atoms with Crippen LogP contribution in [-0.4, -0.2) is 17.3 Å². The Balaban J connectivity index is 1.91. The molecule has 1 saturated carbocycles. The quantitative estimate of drug-likeness (QED) is 0.804. The molecule has 2 nitrogen and oxygen atoms in total. The van der Waals surface area contributed by atoms with Crippen molar-refractivity contribution < 1.29 is 5.11 Å². The molecule has 1 heterocycles. The molecule has 1 fully saturated rings. The number of thiophene rings is 1. The number of hydrogen-bond donors (Lipinski definition) is 2. The van der Waals surface area contributed by atoms with Gasteiger partial charge in [-0.2, -0.15) is 11.3 Å². The molecule has 0 saturated heterocycles. The third-order valence-corrected chi connectivity index (χ3v) is 3.69. The Morgan fingerprint density at radius 3 is 3.00 bits per heavy atom. The minimum atomic E-state index is -0.143. The maximum absolute atomic E-state index is 9.68. The SMILES string of the molecule is CC(NC1CCCC1O)c1ccsc1. The lowest BCUT2D eigenvalue weighted by molar-refractivity contribution is 0.144. The van der Waals surface area contributed by atoms with E-state index in [1.165, 1.54) is 5.56 Å². The van der Waals surface area contributed by atoms with Crippen LogP contribution in [-0.2, 0) is 0 Å². The zero-order valence-electron chi connectivity index (χ0n) is 8.44. The van der Waals surface area contributed by atoms with Crippen LogP contribution in [0.1, 0.15) is 37.8 Å². The van der Waals surface area contributed by atoms with Crippen LogP contribution in [0.2, 0.25) is 0 Å². The van der Waals surface area contributed by atoms with Gasteiger partial charge < -0.3 is 10.4 Å². The van der Waals surface area contributed by atoms with E-state index in [2.05, 4.69) is 29.1 Å². The molecule has 0 amide bonds. The van der Waals surface area contributed by atoms with Crippen LogP contribution >= 0.6 is 11.3 Å². The van der Waals surface area contributed by atoms with Crippen LogP contribution in [0.3, 0.4) is 0 Å². The third kappa shape index (κ3) is 2.16. The predicted molar refractivity (Wildman–Crippen MR) is 59.5 cm³/mol. The van der Waals surface area contributed by atoms with E-state index in [-0.39, 0.29) is 6.10 Å². The van der Waals surface area contributed by atoms with Crippen molar-refractivity contribution in [3.8, 4) is 0 Å². The minimum Gasteiger partial charge on any atom is -0.392 e. The van der Waals surface area contributed by atoms with E-state index >= 15 is 0 Å². The third-order valence-electron chi connectivity index (χ3n) is 2.99. The maximum Gasteiger partial charge on any atom is 0.0693 e. The summed E-state index contributed by atoms with van der Waals surface area (Å²) in [6.45, 7) is 2.16. The standard InChI is InChI=1S/C11H17NOS/c1-8(9-5-6-14-7-9)12-10-3-2-4-11(10)13/h5-8,10-13H,2-4H2,1H3. The zero-order valence-corrected chi connectivity index (χ0v) is 9.26. The van der Waals surface area contributed by atoms with Gasteiger partial charge in [0.05, 0.1) is 6.10 Å². The molecule has 14 heavy (non-hydrogen) atoms. The highest BCUT2D eigenvalue weighted by atomic mass is 32.1. The minimum absolute atomic E-state index is 0.143. The average molecular weight is 211 g/mol. The van der Waals surface area contributed by atoms with Gasteiger partial charge in [-0.3, -0.25) is 0 Å². The van der Waals surface area contributed by atoms with Gasteiger partial charge >= 0.3 is 0 Å². The first kappa shape index (κ1) is 10.1. The lowest BCUT2D eigenvalue weighted by Crippen LogP contribution is -2.37. The second-order valence-electron chi connectivity index (χ2n) is 4.05. The summed E-state index contributed by atoms with van der Waals surface area (Å²) in [7, 11) is 0. The molecule has 0 aromatic carbocycles. The maximum atomic E-state index is 9.68. The van der Waals surface area contributed by atoms with Crippen molar-refractivity contribution in [1.29, 1.82) is 0 Å². The fourth-order valence-corrected chi connectivity index (χ4v) is 2.83. The predicted octanol–water partition coefficient (Wildman–Crippen LogP) is 2.31. The van der Waals surface area contributed by atoms with Gasteiger partial charge in [0.2, 0.25) is 0 Å². The van der Waals surface area contributed by atoms with Crippen molar-refractivity contribution in [2.45, 2.75) is 44.4 Å². The number of aliphatic hydroxyl groups is 1. The molecule has 1 aliphatic rings. The van der Waals surface area contributed by atoms with Crippen molar-refractivity contribution in [3.05, 3.63) is 22.4 Å². The second-order valence-corrected chi connectivity index (χ2v) is 4.83. The van der Waals surface area contributed by atoms with Crippen LogP contribution < -0.4 is 5.32 Å². The van der Waals surface area contributed by atoms with Crippen molar-refractivity contribution >= 4 is 11.3 Å². The Bertz CT molecular complexity index is 273. The summed E-state index contributed by atoms with van der Waals surface area (Å²) in [5, 5.41) is 17.4. The summed E-state index contributed by atoms with van der Waals surface area (Å²) < 4.78 is 0. The smallest absolute Gasteiger partial charge is 0.0693 e. The van der Waals surface area contributed by atoms with E-state index in [1.807, 2.05) is 0 Å². The van der Waals surface area contributed by atoms with Crippen LogP contribution in [0.4, 0.5) is 0 Å². The number of hydrogen-bond acceptors (Lipinski definition) is 3. The van der Waals surface area contributed by atoms with E-state index in [1.54, 1.807) is 11.3 Å². The van der Waals surface area contributed by atoms with E-state index in [0.717, 1.165) is 19.3 Å². The average Bonchev–Trinajstić information content (AvgIpc) is 2.77. The summed E-state index contributed by atoms with van der Waals surface area (Å²) >= 11 is 1.72. The van der Waals surface area contributed by atoms with Crippen LogP contribution in [0.15, 0.2) is 16.8 Å². The van der Waals surface area contributed by atoms with Gasteiger partial charge in [0.1, 0.15) is 0 Å². The van der Waals surface area contributed by atoms with Gasteiger partial charge in [-0.05, 0) is 48.6 Å². The monoisotopic (exact) mass is 211 g/mol. The van der Waals surface area contributed by atoms with E-state index < -0.39 is 0 Å². The summed E-state index contributed by atoms with van der Waals surface area (Å²) in [5.74, 6) is 0. The van der Waals surface area contributed by atoms with E-state index in [9.17, 15) is 5.11 Å². The number of rotatable bonds is 3. The number of nitrogens with one attached hydrogen (secondary N) is 1. The highest BCUT2D eigenvalue weighted by Crippen LogP contribution is 2.23. The van der Waals surface area contributed by atoms with Crippen molar-refractivity contribution in [3.63, 3.8) is 0 Å². The fraction of sp³-hybridized carbons (Fsp3) is 0.636. The molecule has 2 N–H and O–H groups in total. The molecule has 1 aromatic heterocycles. The van der Waals surface area contributed by atoms with E-state index in [4.69, 9.17) is 0 Å². The van der Waals surface area contributed by atoms with Gasteiger partial charge in [-0.1, -0.05) is 0 Å². The summed E-state index contributed by atoms with van der Waals surface area (Å²) in [6.07, 6.45) is 3.06. The molecule has 78 valence electrons. The van der Waals surface area contributed by atoms with Crippen LogP contribution in [0.5, 0.6) is 0 Å². The largest absolute Gasteiger partial charge is 0.392 e. The lowest BCUT2D eigenvalue weighted by Gasteiger charge is -2.21. The molecular weight excluding hydrogens is 194 g/mol. The molecule has 3 heteroatoms. The molecule has 0 bridgehead atoms. The van der Waals surface area contributed by atoms with Gasteiger partial charge in [0.15, 0.2) is 0 Å². The highest BCUT2D eigenvalue weighted by molar-refractivity contribution is 7.07. The van der Waals surface area contributed by atoms with Gasteiger partial charge in [0.25, 0.3) is 0 Å². The topological polar surface area (TPSA) is 32.3 Å². The van der Waals surface area contributed by atoms with Crippen LogP contribution in [0.25, 0.3) is 0 Å². The van der Waals surface area contributed by atoms with Crippen molar-refractivity contribution in [2.24, 2.45) is 0 Å². The van der Waals surface area contributed by atoms with Gasteiger partial charge in [-0.15, -0.1) is 0 Å². The summed E-state index contributed by atoms with van der Waals surface area (Å²) in [6, 6.07) is 2.80. The zero-order chi connectivity index (χ0) is 9.97. The Labute approximate surface area is 89.0 Å². The van der Waals surface area contributed by atoms with Gasteiger partial charge in [-0.25, -0.2) is 0 Å². The Kier molecular flexibility index (Phi) is 3.21. The molecular formula is C11H17NOS.